The number of hydrogen-bond donors (Lipinski definition) is 2. The van der Waals surface area contributed by atoms with Crippen molar-refractivity contribution in [3.63, 3.8) is 0 Å². The molecule has 1 aromatic rings. The standard InChI is InChI=1S/C13H13BrClN3O2/c1-7-4-11(19)17-18-13(7)9-3-2-8(14)5-10(9)16-12(20)6-15/h2-3,5,7H,4,6H2,1H3,(H,16,20)(H,17,19). The number of amides is 2. The van der Waals surface area contributed by atoms with Crippen molar-refractivity contribution >= 4 is 50.7 Å². The summed E-state index contributed by atoms with van der Waals surface area (Å²) >= 11 is 8.88. The molecular weight excluding hydrogens is 346 g/mol. The second-order valence-electron chi connectivity index (χ2n) is 4.51. The maximum absolute atomic E-state index is 11.5. The Bertz CT molecular complexity index is 589. The molecule has 0 aromatic heterocycles. The number of halogens is 2. The predicted octanol–water partition coefficient (Wildman–Crippen LogP) is 2.49. The fraction of sp³-hybridized carbons (Fsp3) is 0.308. The third-order valence-corrected chi connectivity index (χ3v) is 3.65. The van der Waals surface area contributed by atoms with Crippen molar-refractivity contribution in [3.05, 3.63) is 28.2 Å². The minimum Gasteiger partial charge on any atom is -0.324 e. The molecular formula is C13H13BrClN3O2. The fourth-order valence-corrected chi connectivity index (χ4v) is 2.43. The topological polar surface area (TPSA) is 70.6 Å². The zero-order chi connectivity index (χ0) is 14.7. The van der Waals surface area contributed by atoms with Crippen molar-refractivity contribution in [2.24, 2.45) is 11.0 Å². The molecule has 1 atom stereocenters. The Hall–Kier alpha value is -1.40. The summed E-state index contributed by atoms with van der Waals surface area (Å²) in [5.74, 6) is -0.537. The average Bonchev–Trinajstić information content (AvgIpc) is 2.40. The highest BCUT2D eigenvalue weighted by atomic mass is 79.9. The van der Waals surface area contributed by atoms with Crippen LogP contribution in [0.2, 0.25) is 0 Å². The van der Waals surface area contributed by atoms with Crippen LogP contribution in [-0.2, 0) is 9.59 Å². The van der Waals surface area contributed by atoms with Gasteiger partial charge in [-0.2, -0.15) is 5.10 Å². The molecule has 2 rings (SSSR count). The van der Waals surface area contributed by atoms with Crippen LogP contribution in [0.3, 0.4) is 0 Å². The molecule has 0 radical (unpaired) electrons. The van der Waals surface area contributed by atoms with Crippen LogP contribution in [0, 0.1) is 5.92 Å². The highest BCUT2D eigenvalue weighted by Gasteiger charge is 2.24. The molecule has 2 N–H and O–H groups in total. The zero-order valence-corrected chi connectivity index (χ0v) is 13.1. The van der Waals surface area contributed by atoms with Crippen LogP contribution < -0.4 is 10.7 Å². The van der Waals surface area contributed by atoms with Gasteiger partial charge in [-0.05, 0) is 18.2 Å². The molecule has 0 bridgehead atoms. The first-order valence-electron chi connectivity index (χ1n) is 6.03. The van der Waals surface area contributed by atoms with Gasteiger partial charge in [0, 0.05) is 22.4 Å². The molecule has 7 heteroatoms. The summed E-state index contributed by atoms with van der Waals surface area (Å²) in [6.45, 7) is 1.92. The van der Waals surface area contributed by atoms with E-state index < -0.39 is 0 Å². The van der Waals surface area contributed by atoms with Crippen LogP contribution in [0.1, 0.15) is 18.9 Å². The first-order valence-corrected chi connectivity index (χ1v) is 7.36. The lowest BCUT2D eigenvalue weighted by atomic mass is 9.93. The molecule has 0 spiro atoms. The largest absolute Gasteiger partial charge is 0.324 e. The Labute approximate surface area is 129 Å². The van der Waals surface area contributed by atoms with Gasteiger partial charge in [0.1, 0.15) is 5.88 Å². The van der Waals surface area contributed by atoms with Crippen molar-refractivity contribution in [1.82, 2.24) is 5.43 Å². The molecule has 0 saturated carbocycles. The first kappa shape index (κ1) is 15.0. The number of nitrogens with one attached hydrogen (secondary N) is 2. The highest BCUT2D eigenvalue weighted by Crippen LogP contribution is 2.26. The smallest absolute Gasteiger partial charge is 0.240 e. The van der Waals surface area contributed by atoms with E-state index in [2.05, 4.69) is 31.8 Å². The Morgan fingerprint density at radius 2 is 2.35 bits per heavy atom. The van der Waals surface area contributed by atoms with Gasteiger partial charge in [-0.25, -0.2) is 5.43 Å². The van der Waals surface area contributed by atoms with E-state index in [9.17, 15) is 9.59 Å². The van der Waals surface area contributed by atoms with Crippen molar-refractivity contribution < 1.29 is 9.59 Å². The van der Waals surface area contributed by atoms with E-state index >= 15 is 0 Å². The Kier molecular flexibility index (Phi) is 4.77. The van der Waals surface area contributed by atoms with E-state index in [0.29, 0.717) is 12.1 Å². The third kappa shape index (κ3) is 3.37. The summed E-state index contributed by atoms with van der Waals surface area (Å²) in [7, 11) is 0. The van der Waals surface area contributed by atoms with Gasteiger partial charge in [-0.1, -0.05) is 22.9 Å². The maximum atomic E-state index is 11.5. The summed E-state index contributed by atoms with van der Waals surface area (Å²) in [5.41, 5.74) is 4.60. The molecule has 106 valence electrons. The molecule has 0 saturated heterocycles. The van der Waals surface area contributed by atoms with Gasteiger partial charge in [0.25, 0.3) is 0 Å². The zero-order valence-electron chi connectivity index (χ0n) is 10.7. The number of hydrogen-bond acceptors (Lipinski definition) is 3. The lowest BCUT2D eigenvalue weighted by Gasteiger charge is -2.21. The summed E-state index contributed by atoms with van der Waals surface area (Å²) in [4.78, 5) is 22.8. The lowest BCUT2D eigenvalue weighted by Crippen LogP contribution is -2.32. The minimum atomic E-state index is -0.292. The molecule has 1 aliphatic rings. The fourth-order valence-electron chi connectivity index (χ4n) is 2.01. The molecule has 5 nitrogen and oxygen atoms in total. The molecule has 1 heterocycles. The molecule has 1 aromatic carbocycles. The van der Waals surface area contributed by atoms with Gasteiger partial charge in [-0.15, -0.1) is 11.6 Å². The van der Waals surface area contributed by atoms with Crippen LogP contribution >= 0.6 is 27.5 Å². The van der Waals surface area contributed by atoms with Gasteiger partial charge >= 0.3 is 0 Å². The van der Waals surface area contributed by atoms with Gasteiger partial charge in [0.05, 0.1) is 11.4 Å². The summed E-state index contributed by atoms with van der Waals surface area (Å²) < 4.78 is 0.833. The number of nitrogens with zero attached hydrogens (tertiary/aromatic N) is 1. The van der Waals surface area contributed by atoms with Crippen LogP contribution in [0.25, 0.3) is 0 Å². The lowest BCUT2D eigenvalue weighted by molar-refractivity contribution is -0.122. The molecule has 0 fully saturated rings. The molecule has 1 unspecified atom stereocenters. The number of carbonyl (C=O) groups is 2. The number of benzene rings is 1. The Morgan fingerprint density at radius 3 is 3.00 bits per heavy atom. The van der Waals surface area contributed by atoms with Crippen molar-refractivity contribution in [2.75, 3.05) is 11.2 Å². The monoisotopic (exact) mass is 357 g/mol. The Balaban J connectivity index is 2.40. The third-order valence-electron chi connectivity index (χ3n) is 2.91. The van der Waals surface area contributed by atoms with Gasteiger partial charge in [0.2, 0.25) is 11.8 Å². The van der Waals surface area contributed by atoms with Gasteiger partial charge in [0.15, 0.2) is 0 Å². The number of rotatable bonds is 3. The minimum absolute atomic E-state index is 0.0171. The number of anilines is 1. The Morgan fingerprint density at radius 1 is 1.60 bits per heavy atom. The van der Waals surface area contributed by atoms with Crippen molar-refractivity contribution in [3.8, 4) is 0 Å². The van der Waals surface area contributed by atoms with Crippen LogP contribution in [0.15, 0.2) is 27.8 Å². The highest BCUT2D eigenvalue weighted by molar-refractivity contribution is 9.10. The second kappa shape index (κ2) is 6.37. The van der Waals surface area contributed by atoms with Crippen LogP contribution in [-0.4, -0.2) is 23.4 Å². The van der Waals surface area contributed by atoms with E-state index in [1.807, 2.05) is 19.1 Å². The van der Waals surface area contributed by atoms with E-state index in [-0.39, 0.29) is 23.6 Å². The quantitative estimate of drug-likeness (QED) is 0.815. The van der Waals surface area contributed by atoms with Crippen molar-refractivity contribution in [2.45, 2.75) is 13.3 Å². The van der Waals surface area contributed by atoms with E-state index in [1.165, 1.54) is 0 Å². The van der Waals surface area contributed by atoms with Crippen molar-refractivity contribution in [1.29, 1.82) is 0 Å². The van der Waals surface area contributed by atoms with E-state index in [0.717, 1.165) is 15.7 Å². The maximum Gasteiger partial charge on any atom is 0.240 e. The number of carbonyl (C=O) groups excluding carboxylic acids is 2. The summed E-state index contributed by atoms with van der Waals surface area (Å²) in [6.07, 6.45) is 0.373. The van der Waals surface area contributed by atoms with Crippen LogP contribution in [0.4, 0.5) is 5.69 Å². The predicted molar refractivity (Wildman–Crippen MR) is 82.0 cm³/mol. The molecule has 1 aliphatic heterocycles. The SMILES string of the molecule is CC1CC(=O)NN=C1c1ccc(Br)cc1NC(=O)CCl. The molecule has 0 aliphatic carbocycles. The van der Waals surface area contributed by atoms with Gasteiger partial charge < -0.3 is 5.32 Å². The molecule has 20 heavy (non-hydrogen) atoms. The van der Waals surface area contributed by atoms with E-state index in [4.69, 9.17) is 11.6 Å². The summed E-state index contributed by atoms with van der Waals surface area (Å²) in [6, 6.07) is 5.49. The van der Waals surface area contributed by atoms with Crippen LogP contribution in [0.5, 0.6) is 0 Å². The normalized spacial score (nSPS) is 18.2. The molecule has 2 amide bonds. The van der Waals surface area contributed by atoms with Gasteiger partial charge in [-0.3, -0.25) is 9.59 Å². The summed E-state index contributed by atoms with van der Waals surface area (Å²) in [5, 5.41) is 6.84. The number of hydrazone groups is 1. The number of alkyl halides is 1. The first-order chi connectivity index (χ1) is 9.51. The second-order valence-corrected chi connectivity index (χ2v) is 5.69. The van der Waals surface area contributed by atoms with E-state index in [1.54, 1.807) is 6.07 Å². The average molecular weight is 359 g/mol.